The summed E-state index contributed by atoms with van der Waals surface area (Å²) in [7, 11) is 3.06. The van der Waals surface area contributed by atoms with Crippen LogP contribution in [0.15, 0.2) is 42.5 Å². The van der Waals surface area contributed by atoms with Crippen LogP contribution in [0, 0.1) is 6.92 Å². The van der Waals surface area contributed by atoms with Crippen molar-refractivity contribution < 1.29 is 19.1 Å². The number of aromatic nitrogens is 1. The van der Waals surface area contributed by atoms with Crippen molar-refractivity contribution in [2.24, 2.45) is 5.73 Å². The lowest BCUT2D eigenvalue weighted by molar-refractivity contribution is 0.0950. The van der Waals surface area contributed by atoms with Gasteiger partial charge in [0.15, 0.2) is 16.6 Å². The maximum atomic E-state index is 12.7. The Balaban J connectivity index is 1.62. The van der Waals surface area contributed by atoms with Crippen molar-refractivity contribution in [1.82, 2.24) is 10.3 Å². The number of rotatable bonds is 10. The van der Waals surface area contributed by atoms with Crippen molar-refractivity contribution in [2.45, 2.75) is 26.3 Å². The van der Waals surface area contributed by atoms with Crippen molar-refractivity contribution >= 4 is 28.3 Å². The Labute approximate surface area is 197 Å². The van der Waals surface area contributed by atoms with Crippen LogP contribution in [0.25, 0.3) is 0 Å². The second-order valence-corrected chi connectivity index (χ2v) is 8.52. The van der Waals surface area contributed by atoms with Crippen LogP contribution in [-0.2, 0) is 13.0 Å². The summed E-state index contributed by atoms with van der Waals surface area (Å²) >= 11 is 1.45. The van der Waals surface area contributed by atoms with Crippen LogP contribution < -0.4 is 25.8 Å². The van der Waals surface area contributed by atoms with Gasteiger partial charge in [-0.1, -0.05) is 12.1 Å². The first-order valence-corrected chi connectivity index (χ1v) is 11.3. The monoisotopic (exact) mass is 468 g/mol. The number of benzene rings is 2. The molecular weight excluding hydrogens is 440 g/mol. The Morgan fingerprint density at radius 2 is 1.79 bits per heavy atom. The van der Waals surface area contributed by atoms with Gasteiger partial charge < -0.3 is 20.5 Å². The molecule has 0 unspecified atom stereocenters. The van der Waals surface area contributed by atoms with Gasteiger partial charge in [0.2, 0.25) is 0 Å². The Morgan fingerprint density at radius 3 is 2.52 bits per heavy atom. The summed E-state index contributed by atoms with van der Waals surface area (Å²) in [4.78, 5) is 30.9. The van der Waals surface area contributed by atoms with Gasteiger partial charge >= 0.3 is 0 Å². The minimum Gasteiger partial charge on any atom is -0.493 e. The Hall–Kier alpha value is -3.43. The number of amides is 2. The summed E-state index contributed by atoms with van der Waals surface area (Å²) in [5, 5.41) is 6.29. The molecule has 0 aliphatic heterocycles. The molecular formula is C24H28N4O4S. The average molecular weight is 469 g/mol. The van der Waals surface area contributed by atoms with Crippen LogP contribution in [0.3, 0.4) is 0 Å². The summed E-state index contributed by atoms with van der Waals surface area (Å²) in [5.74, 6) is 0.526. The molecule has 8 nitrogen and oxygen atoms in total. The maximum Gasteiger partial charge on any atom is 0.257 e. The average Bonchev–Trinajstić information content (AvgIpc) is 3.19. The zero-order chi connectivity index (χ0) is 23.8. The molecule has 33 heavy (non-hydrogen) atoms. The van der Waals surface area contributed by atoms with Crippen molar-refractivity contribution in [1.29, 1.82) is 0 Å². The number of nitrogens with two attached hydrogens (primary N) is 1. The topological polar surface area (TPSA) is 116 Å². The van der Waals surface area contributed by atoms with Crippen LogP contribution in [0.1, 0.15) is 43.3 Å². The molecule has 0 atom stereocenters. The molecule has 0 aliphatic carbocycles. The maximum absolute atomic E-state index is 12.7. The summed E-state index contributed by atoms with van der Waals surface area (Å²) in [6.45, 7) is 2.86. The zero-order valence-corrected chi connectivity index (χ0v) is 19.8. The number of hydrogen-bond donors (Lipinski definition) is 3. The number of hydrogen-bond acceptors (Lipinski definition) is 7. The van der Waals surface area contributed by atoms with E-state index in [1.54, 1.807) is 36.4 Å². The highest BCUT2D eigenvalue weighted by Crippen LogP contribution is 2.27. The van der Waals surface area contributed by atoms with Gasteiger partial charge in [-0.15, -0.1) is 11.3 Å². The molecule has 2 amide bonds. The standard InChI is InChI=1S/C24H28N4O4S/c1-15-19(8-5-11-25)27-24(33-15)28-23(30)17-7-4-6-16(12-17)14-26-22(29)18-9-10-20(31-2)21(13-18)32-3/h4,6-7,9-10,12-13H,5,8,11,14,25H2,1-3H3,(H,26,29)(H,27,28,30). The van der Waals surface area contributed by atoms with Crippen LogP contribution in [0.2, 0.25) is 0 Å². The molecule has 3 aromatic rings. The molecule has 0 fully saturated rings. The van der Waals surface area contributed by atoms with Crippen molar-refractivity contribution in [3.63, 3.8) is 0 Å². The second-order valence-electron chi connectivity index (χ2n) is 7.32. The van der Waals surface area contributed by atoms with E-state index in [2.05, 4.69) is 15.6 Å². The van der Waals surface area contributed by atoms with Gasteiger partial charge in [-0.2, -0.15) is 0 Å². The van der Waals surface area contributed by atoms with Crippen molar-refractivity contribution in [3.8, 4) is 11.5 Å². The molecule has 0 saturated carbocycles. The number of carbonyl (C=O) groups excluding carboxylic acids is 2. The molecule has 0 saturated heterocycles. The van der Waals surface area contributed by atoms with Crippen molar-refractivity contribution in [2.75, 3.05) is 26.1 Å². The highest BCUT2D eigenvalue weighted by Gasteiger charge is 2.14. The third-order valence-corrected chi connectivity index (χ3v) is 5.95. The predicted octanol–water partition coefficient (Wildman–Crippen LogP) is 3.54. The van der Waals surface area contributed by atoms with Crippen LogP contribution in [0.5, 0.6) is 11.5 Å². The predicted molar refractivity (Wildman–Crippen MR) is 129 cm³/mol. The van der Waals surface area contributed by atoms with E-state index >= 15 is 0 Å². The molecule has 3 rings (SSSR count). The third-order valence-electron chi connectivity index (χ3n) is 5.02. The molecule has 1 heterocycles. The fraction of sp³-hybridized carbons (Fsp3) is 0.292. The Bertz CT molecular complexity index is 1130. The van der Waals surface area contributed by atoms with Gasteiger partial charge in [-0.25, -0.2) is 4.98 Å². The zero-order valence-electron chi connectivity index (χ0n) is 18.9. The number of thiazole rings is 1. The first kappa shape index (κ1) is 24.2. The minimum atomic E-state index is -0.255. The first-order valence-electron chi connectivity index (χ1n) is 10.5. The SMILES string of the molecule is COc1ccc(C(=O)NCc2cccc(C(=O)Nc3nc(CCCN)c(C)s3)c2)cc1OC. The summed E-state index contributed by atoms with van der Waals surface area (Å²) in [6.07, 6.45) is 1.65. The minimum absolute atomic E-state index is 0.248. The summed E-state index contributed by atoms with van der Waals surface area (Å²) in [5.41, 5.74) is 8.28. The first-order chi connectivity index (χ1) is 15.9. The Kier molecular flexibility index (Phi) is 8.39. The van der Waals surface area contributed by atoms with Gasteiger partial charge in [-0.05, 0) is 62.2 Å². The van der Waals surface area contributed by atoms with E-state index in [1.807, 2.05) is 13.0 Å². The van der Waals surface area contributed by atoms with E-state index in [-0.39, 0.29) is 18.4 Å². The highest BCUT2D eigenvalue weighted by atomic mass is 32.1. The number of nitrogens with zero attached hydrogens (tertiary/aromatic N) is 1. The second kappa shape index (κ2) is 11.4. The van der Waals surface area contributed by atoms with Gasteiger partial charge in [-0.3, -0.25) is 14.9 Å². The van der Waals surface area contributed by atoms with E-state index in [1.165, 1.54) is 25.6 Å². The molecule has 174 valence electrons. The summed E-state index contributed by atoms with van der Waals surface area (Å²) in [6, 6.07) is 12.1. The van der Waals surface area contributed by atoms with E-state index in [0.29, 0.717) is 34.3 Å². The van der Waals surface area contributed by atoms with E-state index < -0.39 is 0 Å². The molecule has 0 spiro atoms. The number of methoxy groups -OCH3 is 2. The molecule has 1 aromatic heterocycles. The van der Waals surface area contributed by atoms with Crippen LogP contribution in [0.4, 0.5) is 5.13 Å². The molecule has 0 radical (unpaired) electrons. The fourth-order valence-corrected chi connectivity index (χ4v) is 4.09. The largest absolute Gasteiger partial charge is 0.493 e. The number of carbonyl (C=O) groups is 2. The summed E-state index contributed by atoms with van der Waals surface area (Å²) < 4.78 is 10.4. The van der Waals surface area contributed by atoms with Gasteiger partial charge in [0.25, 0.3) is 11.8 Å². The lowest BCUT2D eigenvalue weighted by atomic mass is 10.1. The van der Waals surface area contributed by atoms with E-state index in [4.69, 9.17) is 15.2 Å². The Morgan fingerprint density at radius 1 is 1.03 bits per heavy atom. The number of aryl methyl sites for hydroxylation is 2. The third kappa shape index (κ3) is 6.30. The quantitative estimate of drug-likeness (QED) is 0.419. The van der Waals surface area contributed by atoms with Gasteiger partial charge in [0, 0.05) is 22.5 Å². The molecule has 9 heteroatoms. The highest BCUT2D eigenvalue weighted by molar-refractivity contribution is 7.15. The number of ether oxygens (including phenoxy) is 2. The fourth-order valence-electron chi connectivity index (χ4n) is 3.24. The lowest BCUT2D eigenvalue weighted by Gasteiger charge is -2.10. The number of nitrogens with one attached hydrogen (secondary N) is 2. The number of anilines is 1. The molecule has 0 aliphatic rings. The normalized spacial score (nSPS) is 10.5. The van der Waals surface area contributed by atoms with E-state index in [9.17, 15) is 9.59 Å². The van der Waals surface area contributed by atoms with Crippen LogP contribution >= 0.6 is 11.3 Å². The lowest BCUT2D eigenvalue weighted by Crippen LogP contribution is -2.23. The van der Waals surface area contributed by atoms with Crippen LogP contribution in [-0.4, -0.2) is 37.6 Å². The van der Waals surface area contributed by atoms with Gasteiger partial charge in [0.1, 0.15) is 0 Å². The van der Waals surface area contributed by atoms with E-state index in [0.717, 1.165) is 29.0 Å². The smallest absolute Gasteiger partial charge is 0.257 e. The van der Waals surface area contributed by atoms with Gasteiger partial charge in [0.05, 0.1) is 19.9 Å². The molecule has 0 bridgehead atoms. The molecule has 2 aromatic carbocycles. The van der Waals surface area contributed by atoms with Crippen molar-refractivity contribution in [3.05, 3.63) is 69.7 Å². The molecule has 4 N–H and O–H groups in total.